The topological polar surface area (TPSA) is 80.9 Å². The van der Waals surface area contributed by atoms with E-state index in [1.54, 1.807) is 0 Å². The van der Waals surface area contributed by atoms with E-state index in [2.05, 4.69) is 13.8 Å². The number of aliphatic hydroxyl groups excluding tert-OH is 4. The van der Waals surface area contributed by atoms with Gasteiger partial charge in [-0.1, -0.05) is 26.7 Å². The Morgan fingerprint density at radius 2 is 0.867 bits per heavy atom. The number of hydrogen-bond donors (Lipinski definition) is 4. The van der Waals surface area contributed by atoms with E-state index in [-0.39, 0.29) is 21.7 Å². The molecule has 0 unspecified atom stereocenters. The maximum absolute atomic E-state index is 8.07. The van der Waals surface area contributed by atoms with Crippen LogP contribution in [0.2, 0.25) is 0 Å². The van der Waals surface area contributed by atoms with E-state index >= 15 is 0 Å². The molecule has 0 aromatic carbocycles. The summed E-state index contributed by atoms with van der Waals surface area (Å²) in [5.74, 6) is 0. The number of rotatable bonds is 4. The Morgan fingerprint density at radius 1 is 0.667 bits per heavy atom. The van der Waals surface area contributed by atoms with Gasteiger partial charge in [0.05, 0.1) is 0 Å². The molecule has 96 valence electrons. The predicted molar refractivity (Wildman–Crippen MR) is 60.3 cm³/mol. The van der Waals surface area contributed by atoms with Gasteiger partial charge in [-0.25, -0.2) is 0 Å². The van der Waals surface area contributed by atoms with Crippen LogP contribution in [0.25, 0.3) is 0 Å². The average Bonchev–Trinajstić information content (AvgIpc) is 2.27. The third-order valence-corrected chi connectivity index (χ3v) is 1.02. The molecule has 0 bridgehead atoms. The quantitative estimate of drug-likeness (QED) is 0.563. The Kier molecular flexibility index (Phi) is 123. The summed E-state index contributed by atoms with van der Waals surface area (Å²) in [6.45, 7) is 4.79. The van der Waals surface area contributed by atoms with Crippen molar-refractivity contribution in [2.75, 3.05) is 27.4 Å². The van der Waals surface area contributed by atoms with Crippen molar-refractivity contribution in [3.05, 3.63) is 0 Å². The fourth-order valence-corrected chi connectivity index (χ4v) is 0.316. The van der Waals surface area contributed by atoms with Crippen LogP contribution in [-0.2, 0) is 21.7 Å². The molecular formula is C10H28O4Ti. The van der Waals surface area contributed by atoms with Gasteiger partial charge >= 0.3 is 0 Å². The second kappa shape index (κ2) is 62.2. The van der Waals surface area contributed by atoms with Crippen molar-refractivity contribution >= 4 is 0 Å². The van der Waals surface area contributed by atoms with E-state index in [0.717, 1.165) is 39.9 Å². The van der Waals surface area contributed by atoms with Gasteiger partial charge in [-0.2, -0.15) is 0 Å². The molecule has 4 nitrogen and oxygen atoms in total. The van der Waals surface area contributed by atoms with Crippen molar-refractivity contribution in [1.82, 2.24) is 0 Å². The molecule has 15 heavy (non-hydrogen) atoms. The fraction of sp³-hybridized carbons (Fsp3) is 1.00. The van der Waals surface area contributed by atoms with Crippen LogP contribution in [0.1, 0.15) is 39.5 Å². The molecule has 0 saturated heterocycles. The van der Waals surface area contributed by atoms with Crippen LogP contribution in [-0.4, -0.2) is 47.9 Å². The van der Waals surface area contributed by atoms with Crippen molar-refractivity contribution in [3.8, 4) is 0 Å². The Morgan fingerprint density at radius 3 is 0.867 bits per heavy atom. The Balaban J connectivity index is -0.0000000318. The summed E-state index contributed by atoms with van der Waals surface area (Å²) >= 11 is 0. The summed E-state index contributed by atoms with van der Waals surface area (Å²) in [4.78, 5) is 0. The van der Waals surface area contributed by atoms with Gasteiger partial charge in [-0.3, -0.25) is 0 Å². The Hall–Kier alpha value is 0.554. The zero-order valence-electron chi connectivity index (χ0n) is 10.5. The van der Waals surface area contributed by atoms with E-state index < -0.39 is 0 Å². The smallest absolute Gasteiger partial charge is 0.0430 e. The number of unbranched alkanes of at least 4 members (excludes halogenated alkanes) is 2. The standard InChI is InChI=1S/2C4H10O.2CH4O.Ti/c2*1-2-3-4-5;2*1-2;/h2*5H,2-4H2,1H3;2*2H,1H3;. The molecule has 0 spiro atoms. The second-order valence-corrected chi connectivity index (χ2v) is 2.15. The maximum atomic E-state index is 8.07. The van der Waals surface area contributed by atoms with Gasteiger partial charge in [0.25, 0.3) is 0 Å². The summed E-state index contributed by atoms with van der Waals surface area (Å²) in [6.07, 6.45) is 4.08. The molecule has 0 aliphatic rings. The molecular weight excluding hydrogens is 232 g/mol. The van der Waals surface area contributed by atoms with Crippen molar-refractivity contribution in [3.63, 3.8) is 0 Å². The molecule has 0 radical (unpaired) electrons. The molecule has 4 N–H and O–H groups in total. The van der Waals surface area contributed by atoms with Gasteiger partial charge in [0.1, 0.15) is 0 Å². The van der Waals surface area contributed by atoms with Crippen LogP contribution in [0.15, 0.2) is 0 Å². The summed E-state index contributed by atoms with van der Waals surface area (Å²) in [5.41, 5.74) is 0. The second-order valence-electron chi connectivity index (χ2n) is 2.15. The van der Waals surface area contributed by atoms with Crippen molar-refractivity contribution in [2.24, 2.45) is 0 Å². The zero-order valence-corrected chi connectivity index (χ0v) is 12.1. The summed E-state index contributed by atoms with van der Waals surface area (Å²) < 4.78 is 0. The van der Waals surface area contributed by atoms with Gasteiger partial charge in [-0.05, 0) is 12.8 Å². The first-order valence-corrected chi connectivity index (χ1v) is 4.94. The first-order valence-electron chi connectivity index (χ1n) is 4.94. The minimum atomic E-state index is 0. The zero-order chi connectivity index (χ0) is 12.2. The van der Waals surface area contributed by atoms with Gasteiger partial charge in [-0.15, -0.1) is 0 Å². The van der Waals surface area contributed by atoms with E-state index in [0.29, 0.717) is 13.2 Å². The molecule has 0 fully saturated rings. The predicted octanol–water partition coefficient (Wildman–Crippen LogP) is 0.772. The van der Waals surface area contributed by atoms with Crippen molar-refractivity contribution < 1.29 is 42.1 Å². The van der Waals surface area contributed by atoms with Crippen molar-refractivity contribution in [2.45, 2.75) is 39.5 Å². The summed E-state index contributed by atoms with van der Waals surface area (Å²) in [6, 6.07) is 0. The molecule has 0 saturated carbocycles. The third-order valence-electron chi connectivity index (χ3n) is 1.02. The van der Waals surface area contributed by atoms with Crippen LogP contribution in [0.4, 0.5) is 0 Å². The fourth-order valence-electron chi connectivity index (χ4n) is 0.316. The van der Waals surface area contributed by atoms with Crippen molar-refractivity contribution in [1.29, 1.82) is 0 Å². The maximum Gasteiger partial charge on any atom is 0.0430 e. The van der Waals surface area contributed by atoms with Gasteiger partial charge in [0.2, 0.25) is 0 Å². The molecule has 0 aromatic rings. The van der Waals surface area contributed by atoms with Crippen LogP contribution in [0, 0.1) is 0 Å². The van der Waals surface area contributed by atoms with Crippen LogP contribution >= 0.6 is 0 Å². The van der Waals surface area contributed by atoms with E-state index in [1.807, 2.05) is 0 Å². The molecule has 0 heterocycles. The first kappa shape index (κ1) is 29.6. The minimum absolute atomic E-state index is 0. The Bertz CT molecular complexity index is 38.4. The average molecular weight is 260 g/mol. The van der Waals surface area contributed by atoms with E-state index in [9.17, 15) is 0 Å². The molecule has 0 atom stereocenters. The van der Waals surface area contributed by atoms with Gasteiger partial charge in [0.15, 0.2) is 0 Å². The molecule has 0 amide bonds. The minimum Gasteiger partial charge on any atom is -0.400 e. The molecule has 0 aromatic heterocycles. The summed E-state index contributed by atoms with van der Waals surface area (Å²) in [7, 11) is 2.00. The van der Waals surface area contributed by atoms with Crippen LogP contribution in [0.5, 0.6) is 0 Å². The summed E-state index contributed by atoms with van der Waals surface area (Å²) in [5, 5.41) is 30.1. The first-order chi connectivity index (χ1) is 6.83. The monoisotopic (exact) mass is 260 g/mol. The largest absolute Gasteiger partial charge is 0.400 e. The van der Waals surface area contributed by atoms with E-state index in [1.165, 1.54) is 0 Å². The third kappa shape index (κ3) is 111. The van der Waals surface area contributed by atoms with Gasteiger partial charge < -0.3 is 20.4 Å². The number of hydrogen-bond acceptors (Lipinski definition) is 4. The Labute approximate surface area is 109 Å². The van der Waals surface area contributed by atoms with E-state index in [4.69, 9.17) is 20.4 Å². The van der Waals surface area contributed by atoms with Crippen LogP contribution in [0.3, 0.4) is 0 Å². The molecule has 0 rings (SSSR count). The molecule has 0 aliphatic heterocycles. The van der Waals surface area contributed by atoms with Crippen LogP contribution < -0.4 is 0 Å². The normalized spacial score (nSPS) is 6.40. The number of aliphatic hydroxyl groups is 4. The molecule has 5 heteroatoms. The van der Waals surface area contributed by atoms with Gasteiger partial charge in [0, 0.05) is 49.2 Å². The molecule has 0 aliphatic carbocycles. The SMILES string of the molecule is CCCCO.CCCCO.CO.CO.[Ti].